The molecular weight excluding hydrogens is 276 g/mol. The van der Waals surface area contributed by atoms with Crippen LogP contribution in [0.1, 0.15) is 32.4 Å². The summed E-state index contributed by atoms with van der Waals surface area (Å²) in [6, 6.07) is 8.14. The van der Waals surface area contributed by atoms with E-state index in [4.69, 9.17) is 0 Å². The van der Waals surface area contributed by atoms with E-state index in [-0.39, 0.29) is 11.9 Å². The van der Waals surface area contributed by atoms with Crippen LogP contribution in [0.2, 0.25) is 0 Å². The first-order chi connectivity index (χ1) is 10.6. The average Bonchev–Trinajstić information content (AvgIpc) is 3.07. The van der Waals surface area contributed by atoms with Crippen molar-refractivity contribution < 1.29 is 4.79 Å². The van der Waals surface area contributed by atoms with Crippen LogP contribution in [0, 0.1) is 0 Å². The van der Waals surface area contributed by atoms with Crippen molar-refractivity contribution in [3.8, 4) is 5.69 Å². The van der Waals surface area contributed by atoms with Gasteiger partial charge in [0.1, 0.15) is 0 Å². The number of likely N-dealkylation sites (N-methyl/N-ethyl adjacent to an activating group) is 1. The lowest BCUT2D eigenvalue weighted by molar-refractivity contribution is -0.122. The lowest BCUT2D eigenvalue weighted by atomic mass is 10.1. The fourth-order valence-corrected chi connectivity index (χ4v) is 2.37. The number of benzene rings is 1. The van der Waals surface area contributed by atoms with Crippen molar-refractivity contribution >= 4 is 5.91 Å². The van der Waals surface area contributed by atoms with E-state index in [0.29, 0.717) is 6.54 Å². The molecule has 5 nitrogen and oxygen atoms in total. The average molecular weight is 300 g/mol. The van der Waals surface area contributed by atoms with Gasteiger partial charge in [-0.1, -0.05) is 26.0 Å². The standard InChI is InChI=1S/C17H24N4O/c1-4-20(5-2)12-17(22)19-14(3)15-6-8-16(9-7-15)21-11-10-18-13-21/h6-11,13-14H,4-5,12H2,1-3H3,(H,19,22)/t14-/m0/s1. The zero-order valence-electron chi connectivity index (χ0n) is 13.5. The molecule has 118 valence electrons. The van der Waals surface area contributed by atoms with E-state index >= 15 is 0 Å². The molecule has 1 N–H and O–H groups in total. The number of carbonyl (C=O) groups is 1. The quantitative estimate of drug-likeness (QED) is 0.854. The molecule has 1 heterocycles. The highest BCUT2D eigenvalue weighted by atomic mass is 16.2. The van der Waals surface area contributed by atoms with E-state index in [1.165, 1.54) is 0 Å². The van der Waals surface area contributed by atoms with Crippen molar-refractivity contribution in [1.29, 1.82) is 0 Å². The fraction of sp³-hybridized carbons (Fsp3) is 0.412. The third-order valence-electron chi connectivity index (χ3n) is 3.83. The topological polar surface area (TPSA) is 50.2 Å². The lowest BCUT2D eigenvalue weighted by Crippen LogP contribution is -2.38. The molecule has 1 atom stereocenters. The Kier molecular flexibility index (Phi) is 5.72. The molecule has 0 spiro atoms. The van der Waals surface area contributed by atoms with Gasteiger partial charge in [0.25, 0.3) is 0 Å². The highest BCUT2D eigenvalue weighted by molar-refractivity contribution is 5.78. The summed E-state index contributed by atoms with van der Waals surface area (Å²) >= 11 is 0. The predicted octanol–water partition coefficient (Wildman–Crippen LogP) is 2.39. The van der Waals surface area contributed by atoms with Gasteiger partial charge in [0.05, 0.1) is 18.9 Å². The third kappa shape index (κ3) is 4.18. The van der Waals surface area contributed by atoms with Crippen molar-refractivity contribution in [3.05, 3.63) is 48.5 Å². The molecule has 2 aromatic rings. The van der Waals surface area contributed by atoms with Gasteiger partial charge in [0.2, 0.25) is 5.91 Å². The van der Waals surface area contributed by atoms with E-state index in [9.17, 15) is 4.79 Å². The van der Waals surface area contributed by atoms with E-state index in [2.05, 4.69) is 29.0 Å². The number of carbonyl (C=O) groups excluding carboxylic acids is 1. The monoisotopic (exact) mass is 300 g/mol. The SMILES string of the molecule is CCN(CC)CC(=O)N[C@@H](C)c1ccc(-n2ccnc2)cc1. The van der Waals surface area contributed by atoms with Crippen LogP contribution in [0.15, 0.2) is 43.0 Å². The summed E-state index contributed by atoms with van der Waals surface area (Å²) in [7, 11) is 0. The Labute approximate surface area is 132 Å². The molecule has 0 unspecified atom stereocenters. The maximum Gasteiger partial charge on any atom is 0.234 e. The number of aromatic nitrogens is 2. The van der Waals surface area contributed by atoms with Crippen molar-refractivity contribution in [2.24, 2.45) is 0 Å². The van der Waals surface area contributed by atoms with Gasteiger partial charge < -0.3 is 9.88 Å². The Morgan fingerprint density at radius 2 is 1.95 bits per heavy atom. The minimum atomic E-state index is -0.0000931. The highest BCUT2D eigenvalue weighted by Gasteiger charge is 2.12. The molecule has 0 bridgehead atoms. The zero-order valence-corrected chi connectivity index (χ0v) is 13.5. The van der Waals surface area contributed by atoms with E-state index in [1.807, 2.05) is 42.0 Å². The maximum absolute atomic E-state index is 12.0. The van der Waals surface area contributed by atoms with E-state index < -0.39 is 0 Å². The second-order valence-corrected chi connectivity index (χ2v) is 5.31. The first-order valence-corrected chi connectivity index (χ1v) is 7.74. The Bertz CT molecular complexity index is 573. The van der Waals surface area contributed by atoms with Gasteiger partial charge in [-0.2, -0.15) is 0 Å². The van der Waals surface area contributed by atoms with Crippen LogP contribution < -0.4 is 5.32 Å². The summed E-state index contributed by atoms with van der Waals surface area (Å²) in [5.41, 5.74) is 2.15. The lowest BCUT2D eigenvalue weighted by Gasteiger charge is -2.20. The Morgan fingerprint density at radius 3 is 2.50 bits per heavy atom. The maximum atomic E-state index is 12.0. The van der Waals surface area contributed by atoms with Crippen LogP contribution in [0.4, 0.5) is 0 Å². The van der Waals surface area contributed by atoms with Crippen LogP contribution in [0.3, 0.4) is 0 Å². The molecule has 1 amide bonds. The molecule has 1 aromatic carbocycles. The van der Waals surface area contributed by atoms with Gasteiger partial charge >= 0.3 is 0 Å². The first kappa shape index (κ1) is 16.2. The van der Waals surface area contributed by atoms with Gasteiger partial charge in [0.15, 0.2) is 0 Å². The van der Waals surface area contributed by atoms with Gasteiger partial charge in [-0.25, -0.2) is 4.98 Å². The number of imidazole rings is 1. The number of hydrogen-bond acceptors (Lipinski definition) is 3. The molecular formula is C17H24N4O. The Morgan fingerprint density at radius 1 is 1.27 bits per heavy atom. The van der Waals surface area contributed by atoms with Crippen LogP contribution in [0.25, 0.3) is 5.69 Å². The van der Waals surface area contributed by atoms with Gasteiger partial charge in [-0.15, -0.1) is 0 Å². The van der Waals surface area contributed by atoms with Gasteiger partial charge in [-0.3, -0.25) is 9.69 Å². The summed E-state index contributed by atoms with van der Waals surface area (Å²) in [6.07, 6.45) is 5.43. The molecule has 0 saturated carbocycles. The summed E-state index contributed by atoms with van der Waals surface area (Å²) in [6.45, 7) is 8.36. The summed E-state index contributed by atoms with van der Waals surface area (Å²) in [5.74, 6) is 0.0647. The number of amides is 1. The summed E-state index contributed by atoms with van der Waals surface area (Å²) < 4.78 is 1.95. The molecule has 0 fully saturated rings. The van der Waals surface area contributed by atoms with Crippen LogP contribution in [-0.2, 0) is 4.79 Å². The van der Waals surface area contributed by atoms with Gasteiger partial charge in [0, 0.05) is 18.1 Å². The zero-order chi connectivity index (χ0) is 15.9. The molecule has 0 aliphatic rings. The Hall–Kier alpha value is -2.14. The highest BCUT2D eigenvalue weighted by Crippen LogP contribution is 2.15. The molecule has 0 radical (unpaired) electrons. The molecule has 0 saturated heterocycles. The number of nitrogens with one attached hydrogen (secondary N) is 1. The minimum Gasteiger partial charge on any atom is -0.348 e. The predicted molar refractivity (Wildman–Crippen MR) is 87.9 cm³/mol. The van der Waals surface area contributed by atoms with Crippen molar-refractivity contribution in [1.82, 2.24) is 19.8 Å². The van der Waals surface area contributed by atoms with E-state index in [0.717, 1.165) is 24.3 Å². The van der Waals surface area contributed by atoms with Crippen LogP contribution in [-0.4, -0.2) is 40.0 Å². The van der Waals surface area contributed by atoms with Crippen molar-refractivity contribution in [3.63, 3.8) is 0 Å². The summed E-state index contributed by atoms with van der Waals surface area (Å²) in [5, 5.41) is 3.05. The smallest absolute Gasteiger partial charge is 0.234 e. The second kappa shape index (κ2) is 7.75. The third-order valence-corrected chi connectivity index (χ3v) is 3.83. The second-order valence-electron chi connectivity index (χ2n) is 5.31. The molecule has 1 aromatic heterocycles. The molecule has 5 heteroatoms. The first-order valence-electron chi connectivity index (χ1n) is 7.74. The number of hydrogen-bond donors (Lipinski definition) is 1. The number of rotatable bonds is 7. The summed E-state index contributed by atoms with van der Waals surface area (Å²) in [4.78, 5) is 18.2. The molecule has 0 aliphatic carbocycles. The number of nitrogens with zero attached hydrogens (tertiary/aromatic N) is 3. The van der Waals surface area contributed by atoms with Crippen LogP contribution in [0.5, 0.6) is 0 Å². The van der Waals surface area contributed by atoms with Gasteiger partial charge in [-0.05, 0) is 37.7 Å². The fourth-order valence-electron chi connectivity index (χ4n) is 2.37. The largest absolute Gasteiger partial charge is 0.348 e. The van der Waals surface area contributed by atoms with Crippen molar-refractivity contribution in [2.45, 2.75) is 26.8 Å². The molecule has 0 aliphatic heterocycles. The van der Waals surface area contributed by atoms with E-state index in [1.54, 1.807) is 12.5 Å². The Balaban J connectivity index is 1.95. The minimum absolute atomic E-state index is 0.0000931. The van der Waals surface area contributed by atoms with Crippen molar-refractivity contribution in [2.75, 3.05) is 19.6 Å². The normalized spacial score (nSPS) is 12.4. The molecule has 2 rings (SSSR count). The molecule has 22 heavy (non-hydrogen) atoms. The van der Waals surface area contributed by atoms with Crippen LogP contribution >= 0.6 is 0 Å².